The summed E-state index contributed by atoms with van der Waals surface area (Å²) >= 11 is 0. The van der Waals surface area contributed by atoms with Crippen molar-refractivity contribution in [3.63, 3.8) is 0 Å². The first kappa shape index (κ1) is 10.1. The first-order chi connectivity index (χ1) is 5.47. The molecule has 1 heterocycles. The minimum atomic E-state index is -4.40. The van der Waals surface area contributed by atoms with Crippen LogP contribution in [-0.4, -0.2) is 33.9 Å². The van der Waals surface area contributed by atoms with E-state index in [0.29, 0.717) is 12.8 Å². The summed E-state index contributed by atoms with van der Waals surface area (Å²) in [4.78, 5) is 16.6. The standard InChI is InChI=1S/C5H11O6P/c6-5-2-1-4(11-5)3-10-12(7,8)9/h4-6H,1-3H2,(H2,7,8,9)/t4-,5-/m0/s1. The van der Waals surface area contributed by atoms with Crippen LogP contribution in [0.3, 0.4) is 0 Å². The molecule has 1 aliphatic rings. The summed E-state index contributed by atoms with van der Waals surface area (Å²) < 4.78 is 19.3. The van der Waals surface area contributed by atoms with Crippen LogP contribution in [-0.2, 0) is 13.8 Å². The molecule has 3 N–H and O–H groups in total. The number of phosphoric ester groups is 1. The molecule has 72 valence electrons. The second-order valence-electron chi connectivity index (χ2n) is 2.58. The van der Waals surface area contributed by atoms with Crippen LogP contribution in [0.25, 0.3) is 0 Å². The molecule has 0 unspecified atom stereocenters. The van der Waals surface area contributed by atoms with Gasteiger partial charge in [-0.3, -0.25) is 4.52 Å². The minimum Gasteiger partial charge on any atom is -0.368 e. The van der Waals surface area contributed by atoms with Crippen LogP contribution in [0.4, 0.5) is 0 Å². The Morgan fingerprint density at radius 3 is 2.58 bits per heavy atom. The molecule has 1 saturated heterocycles. The smallest absolute Gasteiger partial charge is 0.368 e. The monoisotopic (exact) mass is 198 g/mol. The van der Waals surface area contributed by atoms with Gasteiger partial charge in [0.15, 0.2) is 6.29 Å². The van der Waals surface area contributed by atoms with E-state index in [9.17, 15) is 4.57 Å². The van der Waals surface area contributed by atoms with Gasteiger partial charge in [-0.05, 0) is 6.42 Å². The molecule has 1 fully saturated rings. The zero-order valence-electron chi connectivity index (χ0n) is 6.29. The third kappa shape index (κ3) is 3.62. The van der Waals surface area contributed by atoms with Gasteiger partial charge in [0.05, 0.1) is 12.7 Å². The Bertz CT molecular complexity index is 188. The molecule has 0 aromatic heterocycles. The molecule has 0 saturated carbocycles. The maximum absolute atomic E-state index is 10.2. The van der Waals surface area contributed by atoms with Crippen LogP contribution in [0.1, 0.15) is 12.8 Å². The number of aliphatic hydroxyl groups excluding tert-OH is 1. The van der Waals surface area contributed by atoms with Crippen molar-refractivity contribution in [1.82, 2.24) is 0 Å². The largest absolute Gasteiger partial charge is 0.469 e. The van der Waals surface area contributed by atoms with Gasteiger partial charge < -0.3 is 19.6 Å². The molecule has 12 heavy (non-hydrogen) atoms. The molecule has 0 bridgehead atoms. The van der Waals surface area contributed by atoms with E-state index in [1.54, 1.807) is 0 Å². The lowest BCUT2D eigenvalue weighted by molar-refractivity contribution is -0.100. The van der Waals surface area contributed by atoms with Crippen LogP contribution in [0, 0.1) is 0 Å². The molecule has 0 radical (unpaired) electrons. The minimum absolute atomic E-state index is 0.179. The Morgan fingerprint density at radius 1 is 1.50 bits per heavy atom. The molecule has 7 heteroatoms. The van der Waals surface area contributed by atoms with E-state index in [-0.39, 0.29) is 6.61 Å². The predicted molar refractivity (Wildman–Crippen MR) is 38.1 cm³/mol. The maximum Gasteiger partial charge on any atom is 0.469 e. The molecule has 0 spiro atoms. The normalized spacial score (nSPS) is 30.9. The van der Waals surface area contributed by atoms with E-state index in [4.69, 9.17) is 19.6 Å². The fraction of sp³-hybridized carbons (Fsp3) is 1.00. The fourth-order valence-corrected chi connectivity index (χ4v) is 1.35. The lowest BCUT2D eigenvalue weighted by Gasteiger charge is -2.10. The quantitative estimate of drug-likeness (QED) is 0.533. The van der Waals surface area contributed by atoms with Gasteiger partial charge in [0.2, 0.25) is 0 Å². The summed E-state index contributed by atoms with van der Waals surface area (Å²) in [5.41, 5.74) is 0. The molecule has 2 atom stereocenters. The summed E-state index contributed by atoms with van der Waals surface area (Å²) in [7, 11) is -4.40. The second-order valence-corrected chi connectivity index (χ2v) is 3.82. The Kier molecular flexibility index (Phi) is 3.22. The number of rotatable bonds is 3. The van der Waals surface area contributed by atoms with Gasteiger partial charge in [-0.1, -0.05) is 0 Å². The van der Waals surface area contributed by atoms with Crippen molar-refractivity contribution in [2.45, 2.75) is 25.2 Å². The SMILES string of the molecule is O=P(O)(O)OC[C@@H]1CC[C@@H](O)O1. The summed E-state index contributed by atoms with van der Waals surface area (Å²) in [6.45, 7) is -0.179. The molecule has 1 aliphatic heterocycles. The van der Waals surface area contributed by atoms with E-state index >= 15 is 0 Å². The Hall–Kier alpha value is 0.0300. The van der Waals surface area contributed by atoms with E-state index in [1.807, 2.05) is 0 Å². The van der Waals surface area contributed by atoms with Gasteiger partial charge in [0.1, 0.15) is 0 Å². The Morgan fingerprint density at radius 2 is 2.17 bits per heavy atom. The van der Waals surface area contributed by atoms with Crippen molar-refractivity contribution in [3.8, 4) is 0 Å². The summed E-state index contributed by atoms with van der Waals surface area (Å²) in [6.07, 6.45) is -0.195. The topological polar surface area (TPSA) is 96.2 Å². The fourth-order valence-electron chi connectivity index (χ4n) is 0.990. The molecular formula is C5H11O6P. The zero-order chi connectivity index (χ0) is 9.19. The maximum atomic E-state index is 10.2. The highest BCUT2D eigenvalue weighted by Gasteiger charge is 2.26. The number of hydrogen-bond acceptors (Lipinski definition) is 4. The summed E-state index contributed by atoms with van der Waals surface area (Å²) in [5, 5.41) is 8.86. The molecule has 0 aromatic carbocycles. The number of aliphatic hydroxyl groups is 1. The van der Waals surface area contributed by atoms with E-state index < -0.39 is 20.2 Å². The summed E-state index contributed by atoms with van der Waals surface area (Å²) in [5.74, 6) is 0. The average Bonchev–Trinajstić information content (AvgIpc) is 2.30. The van der Waals surface area contributed by atoms with Gasteiger partial charge in [0.25, 0.3) is 0 Å². The van der Waals surface area contributed by atoms with E-state index in [1.165, 1.54) is 0 Å². The van der Waals surface area contributed by atoms with Crippen molar-refractivity contribution in [1.29, 1.82) is 0 Å². The van der Waals surface area contributed by atoms with Crippen LogP contribution in [0.2, 0.25) is 0 Å². The van der Waals surface area contributed by atoms with Gasteiger partial charge in [-0.2, -0.15) is 0 Å². The number of hydrogen-bond donors (Lipinski definition) is 3. The molecule has 6 nitrogen and oxygen atoms in total. The van der Waals surface area contributed by atoms with Gasteiger partial charge >= 0.3 is 7.82 Å². The van der Waals surface area contributed by atoms with Crippen molar-refractivity contribution >= 4 is 7.82 Å². The third-order valence-corrected chi connectivity index (χ3v) is 2.00. The molecule has 0 aromatic rings. The Labute approximate surface area is 69.4 Å². The van der Waals surface area contributed by atoms with Crippen molar-refractivity contribution in [3.05, 3.63) is 0 Å². The van der Waals surface area contributed by atoms with Crippen molar-refractivity contribution in [2.75, 3.05) is 6.61 Å². The number of phosphoric acid groups is 1. The van der Waals surface area contributed by atoms with E-state index in [2.05, 4.69) is 4.52 Å². The van der Waals surface area contributed by atoms with Crippen LogP contribution in [0.15, 0.2) is 0 Å². The zero-order valence-corrected chi connectivity index (χ0v) is 7.18. The third-order valence-electron chi connectivity index (χ3n) is 1.51. The molecule has 0 aliphatic carbocycles. The highest BCUT2D eigenvalue weighted by molar-refractivity contribution is 7.46. The van der Waals surface area contributed by atoms with Crippen molar-refractivity contribution in [2.24, 2.45) is 0 Å². The first-order valence-electron chi connectivity index (χ1n) is 3.51. The molecular weight excluding hydrogens is 187 g/mol. The molecule has 1 rings (SSSR count). The number of ether oxygens (including phenoxy) is 1. The van der Waals surface area contributed by atoms with Gasteiger partial charge in [-0.25, -0.2) is 4.57 Å². The molecule has 0 amide bonds. The van der Waals surface area contributed by atoms with Gasteiger partial charge in [-0.15, -0.1) is 0 Å². The highest BCUT2D eigenvalue weighted by Crippen LogP contribution is 2.36. The van der Waals surface area contributed by atoms with Crippen LogP contribution >= 0.6 is 7.82 Å². The average molecular weight is 198 g/mol. The lowest BCUT2D eigenvalue weighted by Crippen LogP contribution is -2.15. The van der Waals surface area contributed by atoms with Gasteiger partial charge in [0, 0.05) is 6.42 Å². The van der Waals surface area contributed by atoms with Crippen molar-refractivity contribution < 1.29 is 28.7 Å². The summed E-state index contributed by atoms with van der Waals surface area (Å²) in [6, 6.07) is 0. The lowest BCUT2D eigenvalue weighted by atomic mass is 10.2. The Balaban J connectivity index is 2.21. The second kappa shape index (κ2) is 3.83. The predicted octanol–water partition coefficient (Wildman–Crippen LogP) is -0.407. The van der Waals surface area contributed by atoms with Crippen LogP contribution < -0.4 is 0 Å². The van der Waals surface area contributed by atoms with E-state index in [0.717, 1.165) is 0 Å². The first-order valence-corrected chi connectivity index (χ1v) is 5.04. The highest BCUT2D eigenvalue weighted by atomic mass is 31.2. The van der Waals surface area contributed by atoms with Crippen LogP contribution in [0.5, 0.6) is 0 Å².